The third-order valence-corrected chi connectivity index (χ3v) is 4.15. The fraction of sp³-hybridized carbons (Fsp3) is 0.385. The largest absolute Gasteiger partial charge is 0.493 e. The molecule has 0 unspecified atom stereocenters. The van der Waals surface area contributed by atoms with Gasteiger partial charge in [0.05, 0.1) is 5.69 Å². The van der Waals surface area contributed by atoms with Crippen LogP contribution in [0.3, 0.4) is 0 Å². The molecule has 0 spiro atoms. The molecule has 2 aromatic rings. The lowest BCUT2D eigenvalue weighted by Gasteiger charge is -2.07. The SMILES string of the molecule is CC(C)c1ccc(-n2nc3c(c2O)CSC3)nc1. The van der Waals surface area contributed by atoms with Gasteiger partial charge in [-0.3, -0.25) is 0 Å². The summed E-state index contributed by atoms with van der Waals surface area (Å²) in [5.74, 6) is 3.08. The summed E-state index contributed by atoms with van der Waals surface area (Å²) in [5.41, 5.74) is 3.12. The maximum Gasteiger partial charge on any atom is 0.220 e. The molecule has 4 nitrogen and oxygen atoms in total. The van der Waals surface area contributed by atoms with Crippen LogP contribution in [0.25, 0.3) is 5.82 Å². The lowest BCUT2D eigenvalue weighted by Crippen LogP contribution is -2.01. The number of aromatic hydroxyl groups is 1. The standard InChI is InChI=1S/C13H15N3OS/c1-8(2)9-3-4-12(14-5-9)16-13(17)10-6-18-7-11(10)15-16/h3-5,8,17H,6-7H2,1-2H3. The van der Waals surface area contributed by atoms with Crippen molar-refractivity contribution in [3.05, 3.63) is 35.2 Å². The summed E-state index contributed by atoms with van der Waals surface area (Å²) in [6, 6.07) is 3.94. The Labute approximate surface area is 110 Å². The van der Waals surface area contributed by atoms with Crippen LogP contribution >= 0.6 is 11.8 Å². The molecule has 0 saturated carbocycles. The monoisotopic (exact) mass is 261 g/mol. The van der Waals surface area contributed by atoms with Crippen LogP contribution in [0.5, 0.6) is 5.88 Å². The Hall–Kier alpha value is -1.49. The van der Waals surface area contributed by atoms with Gasteiger partial charge in [0.25, 0.3) is 0 Å². The fourth-order valence-corrected chi connectivity index (χ4v) is 3.05. The molecule has 0 amide bonds. The van der Waals surface area contributed by atoms with Gasteiger partial charge in [0.2, 0.25) is 5.88 Å². The second-order valence-corrected chi connectivity index (χ2v) is 5.74. The smallest absolute Gasteiger partial charge is 0.220 e. The van der Waals surface area contributed by atoms with Gasteiger partial charge in [0.15, 0.2) is 5.82 Å². The van der Waals surface area contributed by atoms with E-state index >= 15 is 0 Å². The van der Waals surface area contributed by atoms with E-state index in [1.54, 1.807) is 11.8 Å². The summed E-state index contributed by atoms with van der Waals surface area (Å²) in [6.45, 7) is 4.27. The maximum atomic E-state index is 10.1. The molecule has 2 aromatic heterocycles. The maximum absolute atomic E-state index is 10.1. The molecule has 3 rings (SSSR count). The van der Waals surface area contributed by atoms with E-state index in [9.17, 15) is 5.11 Å². The molecule has 0 atom stereocenters. The highest BCUT2D eigenvalue weighted by Crippen LogP contribution is 2.36. The Morgan fingerprint density at radius 3 is 2.78 bits per heavy atom. The van der Waals surface area contributed by atoms with E-state index in [0.29, 0.717) is 11.7 Å². The molecular formula is C13H15N3OS. The number of hydrogen-bond acceptors (Lipinski definition) is 4. The highest BCUT2D eigenvalue weighted by Gasteiger charge is 2.23. The first-order valence-electron chi connectivity index (χ1n) is 6.00. The minimum absolute atomic E-state index is 0.236. The molecule has 1 aliphatic heterocycles. The molecule has 0 saturated heterocycles. The molecule has 0 aromatic carbocycles. The lowest BCUT2D eigenvalue weighted by molar-refractivity contribution is 0.428. The number of rotatable bonds is 2. The highest BCUT2D eigenvalue weighted by atomic mass is 32.2. The van der Waals surface area contributed by atoms with Gasteiger partial charge in [-0.15, -0.1) is 0 Å². The number of hydrogen-bond donors (Lipinski definition) is 1. The third-order valence-electron chi connectivity index (χ3n) is 3.18. The van der Waals surface area contributed by atoms with E-state index in [1.165, 1.54) is 10.2 Å². The first-order valence-corrected chi connectivity index (χ1v) is 7.16. The van der Waals surface area contributed by atoms with Gasteiger partial charge in [-0.1, -0.05) is 19.9 Å². The zero-order valence-electron chi connectivity index (χ0n) is 10.4. The van der Waals surface area contributed by atoms with Crippen LogP contribution in [-0.2, 0) is 11.5 Å². The summed E-state index contributed by atoms with van der Waals surface area (Å²) >= 11 is 1.78. The van der Waals surface area contributed by atoms with Crippen molar-refractivity contribution in [1.29, 1.82) is 0 Å². The Kier molecular flexibility index (Phi) is 2.78. The number of aromatic nitrogens is 3. The van der Waals surface area contributed by atoms with Crippen LogP contribution in [0.15, 0.2) is 18.3 Å². The molecule has 0 aliphatic carbocycles. The Morgan fingerprint density at radius 2 is 2.17 bits per heavy atom. The van der Waals surface area contributed by atoms with Crippen LogP contribution in [0.2, 0.25) is 0 Å². The molecule has 18 heavy (non-hydrogen) atoms. The van der Waals surface area contributed by atoms with E-state index in [-0.39, 0.29) is 5.88 Å². The Balaban J connectivity index is 2.00. The first-order chi connectivity index (χ1) is 8.66. The lowest BCUT2D eigenvalue weighted by atomic mass is 10.1. The molecule has 0 fully saturated rings. The van der Waals surface area contributed by atoms with Crippen LogP contribution < -0.4 is 0 Å². The Morgan fingerprint density at radius 1 is 1.33 bits per heavy atom. The minimum atomic E-state index is 0.236. The second-order valence-electron chi connectivity index (χ2n) is 4.76. The molecule has 1 aliphatic rings. The summed E-state index contributed by atoms with van der Waals surface area (Å²) in [4.78, 5) is 4.38. The highest BCUT2D eigenvalue weighted by molar-refractivity contribution is 7.98. The topological polar surface area (TPSA) is 50.9 Å². The van der Waals surface area contributed by atoms with Gasteiger partial charge >= 0.3 is 0 Å². The van der Waals surface area contributed by atoms with Gasteiger partial charge in [0.1, 0.15) is 0 Å². The zero-order valence-corrected chi connectivity index (χ0v) is 11.2. The average molecular weight is 261 g/mol. The first kappa shape index (κ1) is 11.6. The van der Waals surface area contributed by atoms with Gasteiger partial charge < -0.3 is 5.11 Å². The number of nitrogens with zero attached hydrogens (tertiary/aromatic N) is 3. The van der Waals surface area contributed by atoms with E-state index in [4.69, 9.17) is 0 Å². The molecule has 3 heterocycles. The van der Waals surface area contributed by atoms with Crippen LogP contribution in [0.1, 0.15) is 36.6 Å². The minimum Gasteiger partial charge on any atom is -0.493 e. The van der Waals surface area contributed by atoms with E-state index in [2.05, 4.69) is 23.9 Å². The van der Waals surface area contributed by atoms with Crippen molar-refractivity contribution in [2.75, 3.05) is 0 Å². The molecular weight excluding hydrogens is 246 g/mol. The predicted octanol–water partition coefficient (Wildman–Crippen LogP) is 2.84. The summed E-state index contributed by atoms with van der Waals surface area (Å²) in [7, 11) is 0. The summed E-state index contributed by atoms with van der Waals surface area (Å²) in [5, 5.41) is 14.5. The predicted molar refractivity (Wildman–Crippen MR) is 72.1 cm³/mol. The summed E-state index contributed by atoms with van der Waals surface area (Å²) < 4.78 is 1.54. The normalized spacial score (nSPS) is 14.2. The van der Waals surface area contributed by atoms with Crippen LogP contribution in [-0.4, -0.2) is 19.9 Å². The fourth-order valence-electron chi connectivity index (χ4n) is 2.02. The average Bonchev–Trinajstić information content (AvgIpc) is 2.93. The molecule has 5 heteroatoms. The van der Waals surface area contributed by atoms with Crippen molar-refractivity contribution < 1.29 is 5.11 Å². The van der Waals surface area contributed by atoms with Gasteiger partial charge in [0, 0.05) is 23.3 Å². The van der Waals surface area contributed by atoms with Gasteiger partial charge in [-0.25, -0.2) is 4.98 Å². The number of fused-ring (bicyclic) bond motifs is 1. The van der Waals surface area contributed by atoms with Crippen molar-refractivity contribution in [2.24, 2.45) is 0 Å². The van der Waals surface area contributed by atoms with Crippen molar-refractivity contribution in [2.45, 2.75) is 31.3 Å². The van der Waals surface area contributed by atoms with Crippen LogP contribution in [0, 0.1) is 0 Å². The van der Waals surface area contributed by atoms with E-state index in [0.717, 1.165) is 22.8 Å². The number of thioether (sulfide) groups is 1. The number of pyridine rings is 1. The second kappa shape index (κ2) is 4.31. The van der Waals surface area contributed by atoms with E-state index in [1.807, 2.05) is 18.3 Å². The van der Waals surface area contributed by atoms with E-state index < -0.39 is 0 Å². The van der Waals surface area contributed by atoms with Crippen LogP contribution in [0.4, 0.5) is 0 Å². The summed E-state index contributed by atoms with van der Waals surface area (Å²) in [6.07, 6.45) is 1.85. The van der Waals surface area contributed by atoms with Crippen molar-refractivity contribution >= 4 is 11.8 Å². The molecule has 94 valence electrons. The van der Waals surface area contributed by atoms with Gasteiger partial charge in [-0.2, -0.15) is 21.5 Å². The Bertz CT molecular complexity index is 575. The van der Waals surface area contributed by atoms with Crippen molar-refractivity contribution in [3.8, 4) is 11.7 Å². The van der Waals surface area contributed by atoms with Gasteiger partial charge in [-0.05, 0) is 17.5 Å². The van der Waals surface area contributed by atoms with Crippen molar-refractivity contribution in [3.63, 3.8) is 0 Å². The molecule has 1 N–H and O–H groups in total. The quantitative estimate of drug-likeness (QED) is 0.903. The molecule has 0 radical (unpaired) electrons. The van der Waals surface area contributed by atoms with Crippen molar-refractivity contribution in [1.82, 2.24) is 14.8 Å². The third kappa shape index (κ3) is 1.79. The zero-order chi connectivity index (χ0) is 12.7. The molecule has 0 bridgehead atoms.